The van der Waals surface area contributed by atoms with Crippen molar-refractivity contribution in [3.8, 4) is 5.75 Å². The minimum atomic E-state index is -0.138. The second-order valence-electron chi connectivity index (χ2n) is 5.56. The predicted molar refractivity (Wildman–Crippen MR) is 78.7 cm³/mol. The summed E-state index contributed by atoms with van der Waals surface area (Å²) < 4.78 is 5.83. The van der Waals surface area contributed by atoms with Crippen LogP contribution in [0.5, 0.6) is 5.75 Å². The van der Waals surface area contributed by atoms with Crippen molar-refractivity contribution in [1.29, 1.82) is 0 Å². The number of thiophene rings is 1. The van der Waals surface area contributed by atoms with Crippen LogP contribution in [0.2, 0.25) is 0 Å². The minimum Gasteiger partial charge on any atom is -0.488 e. The van der Waals surface area contributed by atoms with Crippen LogP contribution in [0.4, 0.5) is 0 Å². The summed E-state index contributed by atoms with van der Waals surface area (Å²) in [6.45, 7) is 8.43. The fourth-order valence-electron chi connectivity index (χ4n) is 1.89. The van der Waals surface area contributed by atoms with Crippen molar-refractivity contribution in [2.45, 2.75) is 39.2 Å². The van der Waals surface area contributed by atoms with Gasteiger partial charge in [0.2, 0.25) is 0 Å². The molecule has 0 amide bonds. The zero-order valence-corrected chi connectivity index (χ0v) is 12.3. The van der Waals surface area contributed by atoms with Gasteiger partial charge >= 0.3 is 0 Å². The molecule has 0 aliphatic heterocycles. The first-order chi connectivity index (χ1) is 8.46. The number of ether oxygens (including phenoxy) is 1. The highest BCUT2D eigenvalue weighted by molar-refractivity contribution is 7.08. The molecule has 2 heteroatoms. The summed E-state index contributed by atoms with van der Waals surface area (Å²) in [5, 5.41) is 4.34. The molecule has 1 atom stereocenters. The summed E-state index contributed by atoms with van der Waals surface area (Å²) in [4.78, 5) is 0. The highest BCUT2D eigenvalue weighted by Crippen LogP contribution is 2.28. The maximum Gasteiger partial charge on any atom is 0.120 e. The van der Waals surface area contributed by atoms with E-state index in [4.69, 9.17) is 4.74 Å². The van der Waals surface area contributed by atoms with Crippen molar-refractivity contribution < 1.29 is 4.74 Å². The van der Waals surface area contributed by atoms with Gasteiger partial charge in [-0.05, 0) is 60.9 Å². The molecular weight excluding hydrogens is 240 g/mol. The van der Waals surface area contributed by atoms with Crippen molar-refractivity contribution in [2.24, 2.45) is 0 Å². The second-order valence-corrected chi connectivity index (χ2v) is 6.34. The topological polar surface area (TPSA) is 9.23 Å². The third-order valence-electron chi connectivity index (χ3n) is 2.85. The van der Waals surface area contributed by atoms with Crippen LogP contribution < -0.4 is 4.74 Å². The zero-order valence-electron chi connectivity index (χ0n) is 11.4. The Morgan fingerprint density at radius 1 is 1.00 bits per heavy atom. The van der Waals surface area contributed by atoms with E-state index in [1.807, 2.05) is 0 Å². The summed E-state index contributed by atoms with van der Waals surface area (Å²) >= 11 is 1.75. The standard InChI is InChI=1S/C16H20OS/c1-12(14-9-10-18-11-14)13-5-7-15(8-6-13)17-16(2,3)4/h5-12H,1-4H3/t12-/m0/s1. The Morgan fingerprint density at radius 3 is 2.17 bits per heavy atom. The lowest BCUT2D eigenvalue weighted by Gasteiger charge is -2.21. The SMILES string of the molecule is C[C@@H](c1ccc(OC(C)(C)C)cc1)c1ccsc1. The molecule has 96 valence electrons. The molecule has 0 radical (unpaired) electrons. The summed E-state index contributed by atoms with van der Waals surface area (Å²) in [7, 11) is 0. The zero-order chi connectivity index (χ0) is 13.2. The minimum absolute atomic E-state index is 0.138. The number of rotatable bonds is 3. The summed E-state index contributed by atoms with van der Waals surface area (Å²) in [5.41, 5.74) is 2.57. The highest BCUT2D eigenvalue weighted by Gasteiger charge is 2.13. The van der Waals surface area contributed by atoms with Gasteiger partial charge in [-0.2, -0.15) is 11.3 Å². The van der Waals surface area contributed by atoms with Gasteiger partial charge in [-0.25, -0.2) is 0 Å². The van der Waals surface area contributed by atoms with E-state index in [9.17, 15) is 0 Å². The molecule has 1 heterocycles. The third-order valence-corrected chi connectivity index (χ3v) is 3.55. The number of hydrogen-bond acceptors (Lipinski definition) is 2. The Bertz CT molecular complexity index is 477. The Morgan fingerprint density at radius 2 is 1.67 bits per heavy atom. The Labute approximate surface area is 113 Å². The van der Waals surface area contributed by atoms with Gasteiger partial charge in [0, 0.05) is 5.92 Å². The fourth-order valence-corrected chi connectivity index (χ4v) is 2.65. The molecule has 0 aliphatic carbocycles. The van der Waals surface area contributed by atoms with Crippen LogP contribution in [0.15, 0.2) is 41.1 Å². The van der Waals surface area contributed by atoms with Gasteiger partial charge in [-0.15, -0.1) is 0 Å². The van der Waals surface area contributed by atoms with Crippen LogP contribution in [-0.2, 0) is 0 Å². The lowest BCUT2D eigenvalue weighted by molar-refractivity contribution is 0.131. The van der Waals surface area contributed by atoms with Gasteiger partial charge in [0.05, 0.1) is 0 Å². The summed E-state index contributed by atoms with van der Waals surface area (Å²) in [6, 6.07) is 10.6. The van der Waals surface area contributed by atoms with Gasteiger partial charge in [0.1, 0.15) is 11.4 Å². The second kappa shape index (κ2) is 5.15. The number of hydrogen-bond donors (Lipinski definition) is 0. The van der Waals surface area contributed by atoms with Crippen LogP contribution >= 0.6 is 11.3 Å². The monoisotopic (exact) mass is 260 g/mol. The van der Waals surface area contributed by atoms with E-state index in [1.165, 1.54) is 11.1 Å². The smallest absolute Gasteiger partial charge is 0.120 e. The molecule has 0 fully saturated rings. The Kier molecular flexibility index (Phi) is 3.76. The maximum atomic E-state index is 5.83. The van der Waals surface area contributed by atoms with Crippen molar-refractivity contribution in [2.75, 3.05) is 0 Å². The molecule has 2 rings (SSSR count). The van der Waals surface area contributed by atoms with Gasteiger partial charge in [0.25, 0.3) is 0 Å². The molecule has 0 spiro atoms. The Hall–Kier alpha value is -1.28. The molecule has 0 bridgehead atoms. The first-order valence-corrected chi connectivity index (χ1v) is 7.21. The van der Waals surface area contributed by atoms with Gasteiger partial charge in [-0.1, -0.05) is 19.1 Å². The fraction of sp³-hybridized carbons (Fsp3) is 0.375. The summed E-state index contributed by atoms with van der Waals surface area (Å²) in [6.07, 6.45) is 0. The first kappa shape index (κ1) is 13.2. The molecule has 2 aromatic rings. The van der Waals surface area contributed by atoms with Crippen molar-refractivity contribution >= 4 is 11.3 Å². The number of benzene rings is 1. The first-order valence-electron chi connectivity index (χ1n) is 6.27. The molecule has 0 saturated carbocycles. The van der Waals surface area contributed by atoms with Crippen LogP contribution in [0.1, 0.15) is 44.7 Å². The van der Waals surface area contributed by atoms with Crippen molar-refractivity contribution in [3.05, 3.63) is 52.2 Å². The van der Waals surface area contributed by atoms with E-state index in [1.54, 1.807) is 11.3 Å². The molecule has 0 aliphatic rings. The predicted octanol–water partition coefficient (Wildman–Crippen LogP) is 5.08. The van der Waals surface area contributed by atoms with E-state index in [-0.39, 0.29) is 5.60 Å². The van der Waals surface area contributed by atoms with E-state index in [0.29, 0.717) is 5.92 Å². The molecule has 0 saturated heterocycles. The van der Waals surface area contributed by atoms with Gasteiger partial charge in [-0.3, -0.25) is 0 Å². The molecule has 0 unspecified atom stereocenters. The van der Waals surface area contributed by atoms with E-state index in [0.717, 1.165) is 5.75 Å². The molecule has 1 aromatic carbocycles. The highest BCUT2D eigenvalue weighted by atomic mass is 32.1. The largest absolute Gasteiger partial charge is 0.488 e. The Balaban J connectivity index is 2.13. The van der Waals surface area contributed by atoms with Crippen LogP contribution in [0, 0.1) is 0 Å². The normalized spacial score (nSPS) is 13.3. The average Bonchev–Trinajstić information content (AvgIpc) is 2.80. The third kappa shape index (κ3) is 3.36. The molecule has 1 nitrogen and oxygen atoms in total. The van der Waals surface area contributed by atoms with Crippen LogP contribution in [-0.4, -0.2) is 5.60 Å². The van der Waals surface area contributed by atoms with Crippen molar-refractivity contribution in [3.63, 3.8) is 0 Å². The molecule has 1 aromatic heterocycles. The quantitative estimate of drug-likeness (QED) is 0.748. The maximum absolute atomic E-state index is 5.83. The molecule has 0 N–H and O–H groups in total. The lowest BCUT2D eigenvalue weighted by atomic mass is 9.95. The molecule has 18 heavy (non-hydrogen) atoms. The van der Waals surface area contributed by atoms with Gasteiger partial charge in [0.15, 0.2) is 0 Å². The lowest BCUT2D eigenvalue weighted by Crippen LogP contribution is -2.22. The summed E-state index contributed by atoms with van der Waals surface area (Å²) in [5.74, 6) is 1.38. The van der Waals surface area contributed by atoms with Gasteiger partial charge < -0.3 is 4.74 Å². The van der Waals surface area contributed by atoms with E-state index in [2.05, 4.69) is 68.8 Å². The van der Waals surface area contributed by atoms with Crippen LogP contribution in [0.3, 0.4) is 0 Å². The van der Waals surface area contributed by atoms with Crippen molar-refractivity contribution in [1.82, 2.24) is 0 Å². The average molecular weight is 260 g/mol. The van der Waals surface area contributed by atoms with E-state index >= 15 is 0 Å². The van der Waals surface area contributed by atoms with E-state index < -0.39 is 0 Å². The van der Waals surface area contributed by atoms with Crippen LogP contribution in [0.25, 0.3) is 0 Å². The molecular formula is C16H20OS.